The number of hydrogen-bond acceptors (Lipinski definition) is 3. The van der Waals surface area contributed by atoms with Crippen LogP contribution in [-0.4, -0.2) is 40.1 Å². The van der Waals surface area contributed by atoms with Crippen molar-refractivity contribution in [3.8, 4) is 0 Å². The monoisotopic (exact) mass is 250 g/mol. The van der Waals surface area contributed by atoms with Crippen LogP contribution in [0.25, 0.3) is 0 Å². The maximum absolute atomic E-state index is 4.41. The first-order valence-corrected chi connectivity index (χ1v) is 7.11. The summed E-state index contributed by atoms with van der Waals surface area (Å²) in [6.07, 6.45) is 5.21. The van der Waals surface area contributed by atoms with E-state index in [1.165, 1.54) is 12.2 Å². The Bertz CT molecular complexity index is 358. The summed E-state index contributed by atoms with van der Waals surface area (Å²) in [6, 6.07) is 0.634. The van der Waals surface area contributed by atoms with Gasteiger partial charge in [-0.2, -0.15) is 0 Å². The summed E-state index contributed by atoms with van der Waals surface area (Å²) in [6.45, 7) is 12.3. The maximum Gasteiger partial charge on any atom is 0.122 e. The van der Waals surface area contributed by atoms with Gasteiger partial charge < -0.3 is 9.88 Å². The third-order valence-corrected chi connectivity index (χ3v) is 3.69. The molecule has 1 unspecified atom stereocenters. The molecule has 4 heteroatoms. The molecule has 1 aromatic rings. The van der Waals surface area contributed by atoms with Crippen molar-refractivity contribution in [1.82, 2.24) is 19.8 Å². The van der Waals surface area contributed by atoms with E-state index in [1.54, 1.807) is 0 Å². The van der Waals surface area contributed by atoms with Gasteiger partial charge in [-0.3, -0.25) is 4.90 Å². The number of nitrogens with zero attached hydrogens (tertiary/aromatic N) is 3. The summed E-state index contributed by atoms with van der Waals surface area (Å²) in [5, 5.41) is 3.52. The van der Waals surface area contributed by atoms with E-state index in [1.807, 2.05) is 6.20 Å². The zero-order chi connectivity index (χ0) is 13.0. The lowest BCUT2D eigenvalue weighted by Crippen LogP contribution is -2.41. The molecule has 0 saturated carbocycles. The normalized spacial score (nSPS) is 18.0. The van der Waals surface area contributed by atoms with Gasteiger partial charge in [-0.05, 0) is 32.4 Å². The molecule has 1 atom stereocenters. The lowest BCUT2D eigenvalue weighted by Gasteiger charge is -2.32. The Hall–Kier alpha value is -0.870. The molecule has 1 N–H and O–H groups in total. The van der Waals surface area contributed by atoms with Gasteiger partial charge in [-0.15, -0.1) is 0 Å². The fourth-order valence-electron chi connectivity index (χ4n) is 2.45. The van der Waals surface area contributed by atoms with E-state index in [0.717, 1.165) is 38.6 Å². The minimum absolute atomic E-state index is 0.634. The highest BCUT2D eigenvalue weighted by atomic mass is 15.2. The average molecular weight is 250 g/mol. The Morgan fingerprint density at radius 3 is 2.94 bits per heavy atom. The second-order valence-electron chi connectivity index (χ2n) is 5.74. The van der Waals surface area contributed by atoms with Crippen molar-refractivity contribution in [2.45, 2.75) is 46.3 Å². The molecule has 2 heterocycles. The van der Waals surface area contributed by atoms with Gasteiger partial charge in [0.25, 0.3) is 0 Å². The predicted octanol–water partition coefficient (Wildman–Crippen LogP) is 1.72. The molecule has 102 valence electrons. The van der Waals surface area contributed by atoms with Gasteiger partial charge in [-0.1, -0.05) is 13.8 Å². The molecule has 1 aliphatic heterocycles. The topological polar surface area (TPSA) is 33.1 Å². The van der Waals surface area contributed by atoms with Gasteiger partial charge in [0.15, 0.2) is 0 Å². The quantitative estimate of drug-likeness (QED) is 0.781. The Balaban J connectivity index is 1.72. The highest BCUT2D eigenvalue weighted by Gasteiger charge is 2.20. The number of nitrogens with one attached hydrogen (secondary N) is 1. The molecule has 4 nitrogen and oxygen atoms in total. The Morgan fingerprint density at radius 2 is 2.17 bits per heavy atom. The summed E-state index contributed by atoms with van der Waals surface area (Å²) in [5.74, 6) is 1.95. The van der Waals surface area contributed by atoms with Gasteiger partial charge in [0.05, 0.1) is 6.54 Å². The molecule has 0 aliphatic carbocycles. The van der Waals surface area contributed by atoms with Gasteiger partial charge in [0.1, 0.15) is 5.82 Å². The molecule has 0 radical (unpaired) electrons. The lowest BCUT2D eigenvalue weighted by molar-refractivity contribution is 0.155. The van der Waals surface area contributed by atoms with Crippen LogP contribution in [-0.2, 0) is 13.1 Å². The molecule has 0 bridgehead atoms. The van der Waals surface area contributed by atoms with Crippen LogP contribution in [0.3, 0.4) is 0 Å². The maximum atomic E-state index is 4.41. The zero-order valence-electron chi connectivity index (χ0n) is 11.9. The molecule has 18 heavy (non-hydrogen) atoms. The van der Waals surface area contributed by atoms with Crippen molar-refractivity contribution in [1.29, 1.82) is 0 Å². The second-order valence-corrected chi connectivity index (χ2v) is 5.74. The van der Waals surface area contributed by atoms with Crippen molar-refractivity contribution in [2.75, 3.05) is 19.6 Å². The first-order chi connectivity index (χ1) is 8.66. The molecule has 0 amide bonds. The lowest BCUT2D eigenvalue weighted by atomic mass is 10.1. The van der Waals surface area contributed by atoms with Crippen LogP contribution in [0.15, 0.2) is 12.4 Å². The average Bonchev–Trinajstić information content (AvgIpc) is 2.81. The minimum Gasteiger partial charge on any atom is -0.333 e. The minimum atomic E-state index is 0.634. The summed E-state index contributed by atoms with van der Waals surface area (Å²) in [4.78, 5) is 6.96. The van der Waals surface area contributed by atoms with Crippen LogP contribution in [0, 0.1) is 5.92 Å². The van der Waals surface area contributed by atoms with Crippen LogP contribution in [0.4, 0.5) is 0 Å². The van der Waals surface area contributed by atoms with Crippen molar-refractivity contribution in [3.63, 3.8) is 0 Å². The standard InChI is InChI=1S/C14H26N4/c1-12(2)10-15-5-4-13(3)18-9-8-17-7-6-16-14(17)11-18/h6-7,12-13,15H,4-5,8-11H2,1-3H3. The fourth-order valence-corrected chi connectivity index (χ4v) is 2.45. The van der Waals surface area contributed by atoms with Crippen molar-refractivity contribution in [2.24, 2.45) is 5.92 Å². The SMILES string of the molecule is CC(C)CNCCC(C)N1CCn2ccnc2C1. The second kappa shape index (κ2) is 6.34. The number of imidazole rings is 1. The summed E-state index contributed by atoms with van der Waals surface area (Å²) in [7, 11) is 0. The van der Waals surface area contributed by atoms with Gasteiger partial charge >= 0.3 is 0 Å². The van der Waals surface area contributed by atoms with E-state index in [0.29, 0.717) is 6.04 Å². The molecule has 0 saturated heterocycles. The van der Waals surface area contributed by atoms with Crippen molar-refractivity contribution < 1.29 is 0 Å². The molecular formula is C14H26N4. The van der Waals surface area contributed by atoms with Crippen LogP contribution >= 0.6 is 0 Å². The predicted molar refractivity (Wildman–Crippen MR) is 74.4 cm³/mol. The molecular weight excluding hydrogens is 224 g/mol. The smallest absolute Gasteiger partial charge is 0.122 e. The first kappa shape index (κ1) is 13.6. The van der Waals surface area contributed by atoms with E-state index < -0.39 is 0 Å². The van der Waals surface area contributed by atoms with Crippen LogP contribution in [0.5, 0.6) is 0 Å². The summed E-state index contributed by atoms with van der Waals surface area (Å²) >= 11 is 0. The number of rotatable bonds is 6. The van der Waals surface area contributed by atoms with E-state index >= 15 is 0 Å². The third kappa shape index (κ3) is 3.56. The first-order valence-electron chi connectivity index (χ1n) is 7.11. The van der Waals surface area contributed by atoms with E-state index in [4.69, 9.17) is 0 Å². The highest BCUT2D eigenvalue weighted by molar-refractivity contribution is 4.96. The molecule has 0 spiro atoms. The Labute approximate surface area is 110 Å². The zero-order valence-corrected chi connectivity index (χ0v) is 11.9. The number of fused-ring (bicyclic) bond motifs is 1. The fraction of sp³-hybridized carbons (Fsp3) is 0.786. The van der Waals surface area contributed by atoms with Crippen molar-refractivity contribution in [3.05, 3.63) is 18.2 Å². The number of hydrogen-bond donors (Lipinski definition) is 1. The summed E-state index contributed by atoms with van der Waals surface area (Å²) in [5.41, 5.74) is 0. The Kier molecular flexibility index (Phi) is 4.78. The third-order valence-electron chi connectivity index (χ3n) is 3.69. The highest BCUT2D eigenvalue weighted by Crippen LogP contribution is 2.14. The molecule has 2 rings (SSSR count). The summed E-state index contributed by atoms with van der Waals surface area (Å²) < 4.78 is 2.26. The van der Waals surface area contributed by atoms with E-state index in [9.17, 15) is 0 Å². The van der Waals surface area contributed by atoms with Gasteiger partial charge in [-0.25, -0.2) is 4.98 Å². The molecule has 1 aromatic heterocycles. The van der Waals surface area contributed by atoms with Crippen LogP contribution in [0.2, 0.25) is 0 Å². The van der Waals surface area contributed by atoms with E-state index in [2.05, 4.69) is 46.7 Å². The molecule has 1 aliphatic rings. The van der Waals surface area contributed by atoms with Gasteiger partial charge in [0, 0.05) is 31.5 Å². The van der Waals surface area contributed by atoms with Crippen molar-refractivity contribution >= 4 is 0 Å². The van der Waals surface area contributed by atoms with Gasteiger partial charge in [0.2, 0.25) is 0 Å². The van der Waals surface area contributed by atoms with Crippen LogP contribution in [0.1, 0.15) is 33.0 Å². The largest absolute Gasteiger partial charge is 0.333 e. The van der Waals surface area contributed by atoms with E-state index in [-0.39, 0.29) is 0 Å². The number of aromatic nitrogens is 2. The van der Waals surface area contributed by atoms with Crippen LogP contribution < -0.4 is 5.32 Å². The molecule has 0 fully saturated rings. The Morgan fingerprint density at radius 1 is 1.33 bits per heavy atom. The molecule has 0 aromatic carbocycles.